The van der Waals surface area contributed by atoms with Crippen molar-refractivity contribution in [2.24, 2.45) is 4.99 Å². The summed E-state index contributed by atoms with van der Waals surface area (Å²) < 4.78 is 49.0. The van der Waals surface area contributed by atoms with Gasteiger partial charge in [0.1, 0.15) is 0 Å². The molecular formula is C4Cl3F4NO. The largest absolute Gasteiger partial charge is 0.368 e. The predicted octanol–water partition coefficient (Wildman–Crippen LogP) is 2.92. The second-order valence-electron chi connectivity index (χ2n) is 1.82. The van der Waals surface area contributed by atoms with Crippen molar-refractivity contribution in [2.45, 2.75) is 15.8 Å². The molecule has 0 aliphatic rings. The van der Waals surface area contributed by atoms with Gasteiger partial charge in [-0.3, -0.25) is 0 Å². The Hall–Kier alpha value is -0.0300. The summed E-state index contributed by atoms with van der Waals surface area (Å²) in [6.07, 6.45) is 0.436. The van der Waals surface area contributed by atoms with Gasteiger partial charge in [0.2, 0.25) is 6.08 Å². The van der Waals surface area contributed by atoms with Gasteiger partial charge in [-0.25, -0.2) is 4.79 Å². The summed E-state index contributed by atoms with van der Waals surface area (Å²) in [5.74, 6) is 0. The van der Waals surface area contributed by atoms with Gasteiger partial charge in [0.15, 0.2) is 0 Å². The lowest BCUT2D eigenvalue weighted by atomic mass is 10.3. The molecule has 0 spiro atoms. The van der Waals surface area contributed by atoms with Crippen molar-refractivity contribution in [2.75, 3.05) is 0 Å². The Morgan fingerprint density at radius 3 is 1.38 bits per heavy atom. The number of halogens is 7. The van der Waals surface area contributed by atoms with Gasteiger partial charge in [-0.15, -0.1) is 0 Å². The molecule has 0 fully saturated rings. The average molecular weight is 260 g/mol. The van der Waals surface area contributed by atoms with Gasteiger partial charge in [-0.1, -0.05) is 11.6 Å². The second kappa shape index (κ2) is 3.61. The molecule has 76 valence electrons. The number of hydrogen-bond donors (Lipinski definition) is 0. The zero-order valence-corrected chi connectivity index (χ0v) is 7.77. The molecule has 0 N–H and O–H groups in total. The normalized spacial score (nSPS) is 13.8. The van der Waals surface area contributed by atoms with Crippen molar-refractivity contribution >= 4 is 40.9 Å². The first-order valence-corrected chi connectivity index (χ1v) is 3.61. The molecule has 0 aromatic heterocycles. The third kappa shape index (κ3) is 2.47. The van der Waals surface area contributed by atoms with Crippen molar-refractivity contribution < 1.29 is 22.4 Å². The fourth-order valence-corrected chi connectivity index (χ4v) is 0.755. The quantitative estimate of drug-likeness (QED) is 0.252. The van der Waals surface area contributed by atoms with Crippen molar-refractivity contribution in [3.05, 3.63) is 0 Å². The number of alkyl halides is 7. The topological polar surface area (TPSA) is 29.4 Å². The maximum absolute atomic E-state index is 12.3. The van der Waals surface area contributed by atoms with Crippen LogP contribution in [-0.2, 0) is 4.79 Å². The Kier molecular flexibility index (Phi) is 3.60. The van der Waals surface area contributed by atoms with Gasteiger partial charge in [0, 0.05) is 0 Å². The summed E-state index contributed by atoms with van der Waals surface area (Å²) in [4.78, 5) is 7.51. The lowest BCUT2D eigenvalue weighted by Gasteiger charge is -2.28. The first-order chi connectivity index (χ1) is 5.56. The monoisotopic (exact) mass is 259 g/mol. The lowest BCUT2D eigenvalue weighted by molar-refractivity contribution is -0.0580. The fraction of sp³-hybridized carbons (Fsp3) is 0.750. The number of aliphatic imine (C=N–C) groups is 1. The summed E-state index contributed by atoms with van der Waals surface area (Å²) in [6, 6.07) is 0. The Bertz CT molecular complexity index is 227. The van der Waals surface area contributed by atoms with Crippen LogP contribution in [0.3, 0.4) is 0 Å². The molecule has 2 nitrogen and oxygen atoms in total. The van der Waals surface area contributed by atoms with E-state index in [4.69, 9.17) is 0 Å². The van der Waals surface area contributed by atoms with E-state index >= 15 is 0 Å². The molecule has 0 radical (unpaired) electrons. The van der Waals surface area contributed by atoms with Crippen LogP contribution < -0.4 is 0 Å². The molecule has 9 heteroatoms. The molecule has 0 atom stereocenters. The third-order valence-electron chi connectivity index (χ3n) is 0.951. The van der Waals surface area contributed by atoms with Crippen molar-refractivity contribution in [1.82, 2.24) is 0 Å². The van der Waals surface area contributed by atoms with E-state index in [0.29, 0.717) is 6.08 Å². The van der Waals surface area contributed by atoms with Crippen molar-refractivity contribution in [3.63, 3.8) is 0 Å². The van der Waals surface area contributed by atoms with Crippen LogP contribution in [0.25, 0.3) is 0 Å². The highest BCUT2D eigenvalue weighted by molar-refractivity contribution is 6.38. The first-order valence-electron chi connectivity index (χ1n) is 2.47. The summed E-state index contributed by atoms with van der Waals surface area (Å²) in [7, 11) is 0. The van der Waals surface area contributed by atoms with E-state index < -0.39 is 15.8 Å². The summed E-state index contributed by atoms with van der Waals surface area (Å²) >= 11 is 13.0. The van der Waals surface area contributed by atoms with Crippen LogP contribution in [0.15, 0.2) is 4.99 Å². The van der Waals surface area contributed by atoms with E-state index in [1.165, 1.54) is 0 Å². The van der Waals surface area contributed by atoms with E-state index in [2.05, 4.69) is 34.8 Å². The van der Waals surface area contributed by atoms with Crippen LogP contribution in [0.2, 0.25) is 0 Å². The van der Waals surface area contributed by atoms with Crippen LogP contribution in [0.5, 0.6) is 0 Å². The summed E-state index contributed by atoms with van der Waals surface area (Å²) in [5.41, 5.74) is 0. The fourth-order valence-electron chi connectivity index (χ4n) is 0.350. The number of nitrogens with zero attached hydrogens (tertiary/aromatic N) is 1. The highest BCUT2D eigenvalue weighted by Gasteiger charge is 2.68. The molecule has 0 aromatic carbocycles. The average Bonchev–Trinajstić information content (AvgIpc) is 1.82. The minimum absolute atomic E-state index is 0.436. The second-order valence-corrected chi connectivity index (χ2v) is 3.32. The Labute approximate surface area is 84.5 Å². The molecule has 0 aliphatic carbocycles. The van der Waals surface area contributed by atoms with Crippen LogP contribution in [0, 0.1) is 0 Å². The molecular weight excluding hydrogens is 260 g/mol. The standard InChI is InChI=1S/C4Cl3F4NO/c5-2(12-1-13,3(6,8)9)4(7,10)11. The van der Waals surface area contributed by atoms with Gasteiger partial charge in [-0.2, -0.15) is 22.6 Å². The molecule has 0 aliphatic heterocycles. The minimum Gasteiger partial charge on any atom is -0.211 e. The van der Waals surface area contributed by atoms with E-state index in [0.717, 1.165) is 0 Å². The zero-order chi connectivity index (χ0) is 10.9. The Balaban J connectivity index is 5.33. The SMILES string of the molecule is O=C=NC(Cl)(C(F)(F)Cl)C(F)(F)Cl. The molecule has 13 heavy (non-hydrogen) atoms. The third-order valence-corrected chi connectivity index (χ3v) is 2.25. The van der Waals surface area contributed by atoms with Gasteiger partial charge >= 0.3 is 15.8 Å². The molecule has 0 heterocycles. The molecule has 0 bridgehead atoms. The Morgan fingerprint density at radius 2 is 1.31 bits per heavy atom. The molecule has 0 rings (SSSR count). The molecule has 0 unspecified atom stereocenters. The highest BCUT2D eigenvalue weighted by Crippen LogP contribution is 2.51. The first kappa shape index (κ1) is 13.0. The van der Waals surface area contributed by atoms with E-state index in [1.807, 2.05) is 4.99 Å². The molecule has 0 amide bonds. The smallest absolute Gasteiger partial charge is 0.211 e. The predicted molar refractivity (Wildman–Crippen MR) is 38.3 cm³/mol. The lowest BCUT2D eigenvalue weighted by Crippen LogP contribution is -2.49. The number of isocyanates is 1. The van der Waals surface area contributed by atoms with Gasteiger partial charge in [0.05, 0.1) is 0 Å². The highest BCUT2D eigenvalue weighted by atomic mass is 35.5. The van der Waals surface area contributed by atoms with Crippen molar-refractivity contribution in [3.8, 4) is 0 Å². The van der Waals surface area contributed by atoms with Gasteiger partial charge in [0.25, 0.3) is 0 Å². The summed E-state index contributed by atoms with van der Waals surface area (Å²) in [6.45, 7) is 0. The molecule has 0 saturated heterocycles. The number of carbonyl (C=O) groups excluding carboxylic acids is 1. The number of hydrogen-bond acceptors (Lipinski definition) is 2. The van der Waals surface area contributed by atoms with Crippen LogP contribution in [-0.4, -0.2) is 21.8 Å². The maximum atomic E-state index is 12.3. The van der Waals surface area contributed by atoms with Crippen LogP contribution >= 0.6 is 34.8 Å². The van der Waals surface area contributed by atoms with E-state index in [-0.39, 0.29) is 0 Å². The minimum atomic E-state index is -4.68. The molecule has 0 saturated carbocycles. The number of rotatable bonds is 3. The van der Waals surface area contributed by atoms with Gasteiger partial charge < -0.3 is 0 Å². The summed E-state index contributed by atoms with van der Waals surface area (Å²) in [5, 5.41) is -9.37. The van der Waals surface area contributed by atoms with Crippen LogP contribution in [0.4, 0.5) is 17.6 Å². The van der Waals surface area contributed by atoms with E-state index in [9.17, 15) is 22.4 Å². The van der Waals surface area contributed by atoms with E-state index in [1.54, 1.807) is 0 Å². The van der Waals surface area contributed by atoms with Crippen LogP contribution in [0.1, 0.15) is 0 Å². The molecule has 0 aromatic rings. The van der Waals surface area contributed by atoms with Crippen molar-refractivity contribution in [1.29, 1.82) is 0 Å². The Morgan fingerprint density at radius 1 is 1.00 bits per heavy atom. The maximum Gasteiger partial charge on any atom is 0.368 e. The zero-order valence-electron chi connectivity index (χ0n) is 5.50. The van der Waals surface area contributed by atoms with Gasteiger partial charge in [-0.05, 0) is 23.2 Å².